The van der Waals surface area contributed by atoms with Gasteiger partial charge in [0.05, 0.1) is 25.4 Å². The Morgan fingerprint density at radius 1 is 1.40 bits per heavy atom. The monoisotopic (exact) mass is 291 g/mol. The molecule has 1 rings (SSSR count). The summed E-state index contributed by atoms with van der Waals surface area (Å²) < 4.78 is 10.2. The van der Waals surface area contributed by atoms with Crippen LogP contribution in [0.5, 0.6) is 0 Å². The van der Waals surface area contributed by atoms with E-state index >= 15 is 0 Å². The zero-order chi connectivity index (χ0) is 15.3. The Kier molecular flexibility index (Phi) is 6.40. The summed E-state index contributed by atoms with van der Waals surface area (Å²) in [5, 5.41) is 47.1. The maximum Gasteiger partial charge on any atom is 0.220 e. The van der Waals surface area contributed by atoms with Crippen molar-refractivity contribution in [2.45, 2.75) is 37.6 Å². The minimum Gasteiger partial charge on any atom is -0.506 e. The van der Waals surface area contributed by atoms with Gasteiger partial charge in [0.2, 0.25) is 6.29 Å². The number of nitrogens with two attached hydrogens (primary N) is 1. The SMILES string of the molecule is C/C=C/[C@@H](O)[C@@H](N)CO[C@@H]1OC(CO)[C@@H](O)C(O)=C1O. The Balaban J connectivity index is 2.63. The van der Waals surface area contributed by atoms with Crippen molar-refractivity contribution < 1.29 is 35.0 Å². The Morgan fingerprint density at radius 3 is 2.60 bits per heavy atom. The first-order valence-electron chi connectivity index (χ1n) is 6.16. The van der Waals surface area contributed by atoms with E-state index in [1.165, 1.54) is 6.08 Å². The Labute approximate surface area is 116 Å². The fraction of sp³-hybridized carbons (Fsp3) is 0.667. The molecule has 0 aromatic carbocycles. The van der Waals surface area contributed by atoms with Gasteiger partial charge < -0.3 is 40.7 Å². The number of aliphatic hydroxyl groups is 5. The molecular weight excluding hydrogens is 270 g/mol. The lowest BCUT2D eigenvalue weighted by molar-refractivity contribution is -0.213. The molecule has 8 nitrogen and oxygen atoms in total. The van der Waals surface area contributed by atoms with Gasteiger partial charge in [-0.3, -0.25) is 0 Å². The molecule has 1 heterocycles. The van der Waals surface area contributed by atoms with Crippen molar-refractivity contribution in [3.05, 3.63) is 23.7 Å². The largest absolute Gasteiger partial charge is 0.506 e. The fourth-order valence-electron chi connectivity index (χ4n) is 1.64. The third kappa shape index (κ3) is 3.92. The maximum atomic E-state index is 9.60. The molecule has 7 N–H and O–H groups in total. The summed E-state index contributed by atoms with van der Waals surface area (Å²) in [6.07, 6.45) is -1.83. The van der Waals surface area contributed by atoms with Crippen molar-refractivity contribution in [2.75, 3.05) is 13.2 Å². The first kappa shape index (κ1) is 16.9. The molecule has 0 saturated carbocycles. The van der Waals surface area contributed by atoms with E-state index in [1.807, 2.05) is 0 Å². The highest BCUT2D eigenvalue weighted by Gasteiger charge is 2.38. The van der Waals surface area contributed by atoms with Crippen molar-refractivity contribution in [1.82, 2.24) is 0 Å². The molecule has 116 valence electrons. The van der Waals surface area contributed by atoms with Crippen molar-refractivity contribution in [3.8, 4) is 0 Å². The van der Waals surface area contributed by atoms with Gasteiger partial charge in [-0.2, -0.15) is 0 Å². The molecule has 0 radical (unpaired) electrons. The van der Waals surface area contributed by atoms with Crippen LogP contribution in [0.1, 0.15) is 6.92 Å². The molecule has 0 aromatic rings. The highest BCUT2D eigenvalue weighted by atomic mass is 16.7. The first-order chi connectivity index (χ1) is 9.42. The molecule has 5 atom stereocenters. The van der Waals surface area contributed by atoms with E-state index in [-0.39, 0.29) is 6.61 Å². The molecule has 8 heteroatoms. The molecule has 1 unspecified atom stereocenters. The normalized spacial score (nSPS) is 30.8. The van der Waals surface area contributed by atoms with Crippen LogP contribution in [0.3, 0.4) is 0 Å². The van der Waals surface area contributed by atoms with Gasteiger partial charge in [-0.1, -0.05) is 12.2 Å². The number of allylic oxidation sites excluding steroid dienone is 1. The number of hydrogen-bond acceptors (Lipinski definition) is 8. The standard InChI is InChI=1S/C12H21NO7/c1-2-3-7(15)6(13)5-19-12-11(18)10(17)9(16)8(4-14)20-12/h2-3,6-9,12,14-18H,4-5,13H2,1H3/b3-2+/t6-,7+,8?,9+,12+/m0/s1. The lowest BCUT2D eigenvalue weighted by Gasteiger charge is -2.32. The molecule has 1 aliphatic heterocycles. The van der Waals surface area contributed by atoms with E-state index in [0.717, 1.165) is 0 Å². The van der Waals surface area contributed by atoms with Crippen molar-refractivity contribution in [1.29, 1.82) is 0 Å². The van der Waals surface area contributed by atoms with Crippen LogP contribution in [0.4, 0.5) is 0 Å². The van der Waals surface area contributed by atoms with Gasteiger partial charge in [0.15, 0.2) is 11.5 Å². The fourth-order valence-corrected chi connectivity index (χ4v) is 1.64. The predicted molar refractivity (Wildman–Crippen MR) is 68.8 cm³/mol. The van der Waals surface area contributed by atoms with E-state index in [2.05, 4.69) is 0 Å². The third-order valence-corrected chi connectivity index (χ3v) is 2.86. The molecule has 0 aromatic heterocycles. The molecule has 0 saturated heterocycles. The van der Waals surface area contributed by atoms with E-state index in [1.54, 1.807) is 13.0 Å². The van der Waals surface area contributed by atoms with E-state index in [4.69, 9.17) is 20.3 Å². The number of rotatable bonds is 6. The van der Waals surface area contributed by atoms with Gasteiger partial charge in [0, 0.05) is 0 Å². The minimum absolute atomic E-state index is 0.165. The summed E-state index contributed by atoms with van der Waals surface area (Å²) in [7, 11) is 0. The smallest absolute Gasteiger partial charge is 0.220 e. The molecule has 0 amide bonds. The van der Waals surface area contributed by atoms with Crippen LogP contribution in [0, 0.1) is 0 Å². The second-order valence-corrected chi connectivity index (χ2v) is 4.42. The van der Waals surface area contributed by atoms with Gasteiger partial charge in [0.1, 0.15) is 12.2 Å². The maximum absolute atomic E-state index is 9.60. The number of ether oxygens (including phenoxy) is 2. The predicted octanol–water partition coefficient (Wildman–Crippen LogP) is -1.33. The summed E-state index contributed by atoms with van der Waals surface area (Å²) in [5.74, 6) is -1.40. The van der Waals surface area contributed by atoms with E-state index < -0.39 is 48.8 Å². The summed E-state index contributed by atoms with van der Waals surface area (Å²) >= 11 is 0. The van der Waals surface area contributed by atoms with Gasteiger partial charge in [-0.15, -0.1) is 0 Å². The average Bonchev–Trinajstić information content (AvgIpc) is 2.44. The second kappa shape index (κ2) is 7.58. The van der Waals surface area contributed by atoms with Crippen molar-refractivity contribution in [3.63, 3.8) is 0 Å². The molecular formula is C12H21NO7. The van der Waals surface area contributed by atoms with Crippen LogP contribution >= 0.6 is 0 Å². The Morgan fingerprint density at radius 2 is 2.05 bits per heavy atom. The van der Waals surface area contributed by atoms with Crippen molar-refractivity contribution in [2.24, 2.45) is 5.73 Å². The van der Waals surface area contributed by atoms with E-state index in [0.29, 0.717) is 0 Å². The van der Waals surface area contributed by atoms with E-state index in [9.17, 15) is 20.4 Å². The molecule has 0 aliphatic carbocycles. The lowest BCUT2D eigenvalue weighted by Crippen LogP contribution is -2.46. The zero-order valence-corrected chi connectivity index (χ0v) is 11.1. The molecule has 0 bridgehead atoms. The number of hydrogen-bond donors (Lipinski definition) is 6. The molecule has 20 heavy (non-hydrogen) atoms. The van der Waals surface area contributed by atoms with Crippen LogP contribution in [0.2, 0.25) is 0 Å². The summed E-state index contributed by atoms with van der Waals surface area (Å²) in [6.45, 7) is 0.994. The Bertz CT molecular complexity index is 371. The van der Waals surface area contributed by atoms with Crippen LogP contribution in [-0.4, -0.2) is 69.4 Å². The van der Waals surface area contributed by atoms with Crippen molar-refractivity contribution >= 4 is 0 Å². The molecule has 1 aliphatic rings. The Hall–Kier alpha value is -1.16. The zero-order valence-electron chi connectivity index (χ0n) is 11.1. The highest BCUT2D eigenvalue weighted by molar-refractivity contribution is 5.12. The quantitative estimate of drug-likeness (QED) is 0.330. The van der Waals surface area contributed by atoms with Gasteiger partial charge in [-0.25, -0.2) is 0 Å². The van der Waals surface area contributed by atoms with Crippen LogP contribution in [-0.2, 0) is 9.47 Å². The number of aliphatic hydroxyl groups excluding tert-OH is 5. The lowest BCUT2D eigenvalue weighted by atomic mass is 10.1. The minimum atomic E-state index is -1.53. The van der Waals surface area contributed by atoms with Gasteiger partial charge in [0.25, 0.3) is 0 Å². The summed E-state index contributed by atoms with van der Waals surface area (Å²) in [5.41, 5.74) is 5.65. The van der Waals surface area contributed by atoms with Crippen LogP contribution in [0.15, 0.2) is 23.7 Å². The third-order valence-electron chi connectivity index (χ3n) is 2.86. The summed E-state index contributed by atoms with van der Waals surface area (Å²) in [6, 6.07) is -0.760. The van der Waals surface area contributed by atoms with Gasteiger partial charge in [-0.05, 0) is 6.92 Å². The van der Waals surface area contributed by atoms with Crippen LogP contribution in [0.25, 0.3) is 0 Å². The molecule has 0 spiro atoms. The second-order valence-electron chi connectivity index (χ2n) is 4.42. The average molecular weight is 291 g/mol. The molecule has 0 fully saturated rings. The summed E-state index contributed by atoms with van der Waals surface area (Å²) in [4.78, 5) is 0. The van der Waals surface area contributed by atoms with Gasteiger partial charge >= 0.3 is 0 Å². The highest BCUT2D eigenvalue weighted by Crippen LogP contribution is 2.23. The van der Waals surface area contributed by atoms with Crippen LogP contribution < -0.4 is 5.73 Å². The first-order valence-corrected chi connectivity index (χ1v) is 6.16. The topological polar surface area (TPSA) is 146 Å².